The molecule has 0 aromatic carbocycles. The highest BCUT2D eigenvalue weighted by molar-refractivity contribution is 5.33. The highest BCUT2D eigenvalue weighted by Crippen LogP contribution is 2.09. The molecular weight excluding hydrogens is 190 g/mol. The number of nitrogens with zero attached hydrogens (tertiary/aromatic N) is 2. The monoisotopic (exact) mass is 203 g/mol. The van der Waals surface area contributed by atoms with E-state index in [0.29, 0.717) is 12.4 Å². The van der Waals surface area contributed by atoms with E-state index < -0.39 is 0 Å². The summed E-state index contributed by atoms with van der Waals surface area (Å²) in [4.78, 5) is 8.41. The van der Waals surface area contributed by atoms with Gasteiger partial charge in [0.15, 0.2) is 0 Å². The van der Waals surface area contributed by atoms with E-state index >= 15 is 0 Å². The zero-order valence-electron chi connectivity index (χ0n) is 8.82. The molecule has 1 N–H and O–H groups in total. The minimum atomic E-state index is 0.561. The number of nitrogens with one attached hydrogen (secondary N) is 1. The van der Waals surface area contributed by atoms with Crippen molar-refractivity contribution >= 4 is 5.82 Å². The van der Waals surface area contributed by atoms with Crippen LogP contribution in [0.5, 0.6) is 0 Å². The molecule has 0 bridgehead atoms. The maximum atomic E-state index is 5.43. The zero-order chi connectivity index (χ0) is 10.7. The molecule has 0 saturated heterocycles. The molecule has 0 saturated carbocycles. The first-order valence-corrected chi connectivity index (χ1v) is 4.83. The molecule has 0 fully saturated rings. The van der Waals surface area contributed by atoms with E-state index in [1.165, 1.54) is 0 Å². The molecule has 0 unspecified atom stereocenters. The molecule has 0 aliphatic carbocycles. The number of aromatic nitrogens is 2. The van der Waals surface area contributed by atoms with Gasteiger partial charge in [-0.05, 0) is 26.0 Å². The Balaban J connectivity index is 1.99. The molecule has 2 aromatic heterocycles. The largest absolute Gasteiger partial charge is 0.444 e. The summed E-state index contributed by atoms with van der Waals surface area (Å²) in [5, 5.41) is 3.13. The van der Waals surface area contributed by atoms with E-state index in [4.69, 9.17) is 4.42 Å². The van der Waals surface area contributed by atoms with E-state index in [2.05, 4.69) is 15.3 Å². The van der Waals surface area contributed by atoms with Gasteiger partial charge in [-0.15, -0.1) is 0 Å². The number of pyridine rings is 1. The first kappa shape index (κ1) is 9.71. The molecule has 2 aromatic rings. The smallest absolute Gasteiger partial charge is 0.213 e. The molecule has 0 spiro atoms. The normalized spacial score (nSPS) is 10.3. The van der Waals surface area contributed by atoms with Gasteiger partial charge in [0.2, 0.25) is 5.89 Å². The number of hydrogen-bond donors (Lipinski definition) is 1. The van der Waals surface area contributed by atoms with Gasteiger partial charge in [0.1, 0.15) is 11.6 Å². The van der Waals surface area contributed by atoms with Gasteiger partial charge < -0.3 is 9.73 Å². The van der Waals surface area contributed by atoms with Crippen molar-refractivity contribution in [3.8, 4) is 0 Å². The molecule has 4 heteroatoms. The second-order valence-electron chi connectivity index (χ2n) is 3.32. The maximum Gasteiger partial charge on any atom is 0.213 e. The predicted molar refractivity (Wildman–Crippen MR) is 57.5 cm³/mol. The van der Waals surface area contributed by atoms with Crippen molar-refractivity contribution in [2.45, 2.75) is 20.4 Å². The highest BCUT2D eigenvalue weighted by Gasteiger charge is 2.04. The van der Waals surface area contributed by atoms with E-state index in [1.807, 2.05) is 32.0 Å². The first-order valence-electron chi connectivity index (χ1n) is 4.83. The average molecular weight is 203 g/mol. The number of oxazole rings is 1. The maximum absolute atomic E-state index is 5.43. The number of hydrogen-bond acceptors (Lipinski definition) is 4. The second kappa shape index (κ2) is 4.13. The van der Waals surface area contributed by atoms with E-state index in [0.717, 1.165) is 17.3 Å². The Kier molecular flexibility index (Phi) is 2.67. The molecule has 0 aliphatic heterocycles. The van der Waals surface area contributed by atoms with Crippen LogP contribution in [0.1, 0.15) is 17.3 Å². The van der Waals surface area contributed by atoms with Crippen LogP contribution in [0.15, 0.2) is 28.8 Å². The van der Waals surface area contributed by atoms with Gasteiger partial charge in [0.25, 0.3) is 0 Å². The van der Waals surface area contributed by atoms with Crippen molar-refractivity contribution in [1.29, 1.82) is 0 Å². The van der Waals surface area contributed by atoms with Crippen LogP contribution in [0.2, 0.25) is 0 Å². The summed E-state index contributed by atoms with van der Waals surface area (Å²) in [6, 6.07) is 5.72. The van der Waals surface area contributed by atoms with E-state index in [1.54, 1.807) is 6.20 Å². The summed E-state index contributed by atoms with van der Waals surface area (Å²) in [7, 11) is 0. The molecular formula is C11H13N3O. The van der Waals surface area contributed by atoms with Crippen LogP contribution in [0.3, 0.4) is 0 Å². The Labute approximate surface area is 88.4 Å². The molecule has 4 nitrogen and oxygen atoms in total. The third kappa shape index (κ3) is 2.34. The van der Waals surface area contributed by atoms with Crippen LogP contribution in [-0.2, 0) is 6.54 Å². The second-order valence-corrected chi connectivity index (χ2v) is 3.32. The van der Waals surface area contributed by atoms with Crippen molar-refractivity contribution in [2.24, 2.45) is 0 Å². The van der Waals surface area contributed by atoms with E-state index in [-0.39, 0.29) is 0 Å². The molecule has 0 atom stereocenters. The Morgan fingerprint density at radius 3 is 2.80 bits per heavy atom. The summed E-state index contributed by atoms with van der Waals surface area (Å²) in [5.41, 5.74) is 0.938. The van der Waals surface area contributed by atoms with Crippen molar-refractivity contribution in [2.75, 3.05) is 5.32 Å². The molecule has 2 heterocycles. The summed E-state index contributed by atoms with van der Waals surface area (Å²) in [5.74, 6) is 2.38. The van der Waals surface area contributed by atoms with Gasteiger partial charge in [0.05, 0.1) is 12.2 Å². The lowest BCUT2D eigenvalue weighted by molar-refractivity contribution is 0.478. The van der Waals surface area contributed by atoms with Gasteiger partial charge in [-0.25, -0.2) is 9.97 Å². The summed E-state index contributed by atoms with van der Waals surface area (Å²) in [6.45, 7) is 4.40. The molecule has 0 aliphatic rings. The van der Waals surface area contributed by atoms with Gasteiger partial charge >= 0.3 is 0 Å². The van der Waals surface area contributed by atoms with Gasteiger partial charge in [0, 0.05) is 6.20 Å². The zero-order valence-corrected chi connectivity index (χ0v) is 8.82. The van der Waals surface area contributed by atoms with Crippen molar-refractivity contribution in [1.82, 2.24) is 9.97 Å². The number of anilines is 1. The Bertz CT molecular complexity index is 417. The van der Waals surface area contributed by atoms with Crippen molar-refractivity contribution in [3.63, 3.8) is 0 Å². The quantitative estimate of drug-likeness (QED) is 0.831. The summed E-state index contributed by atoms with van der Waals surface area (Å²) >= 11 is 0. The molecule has 78 valence electrons. The summed E-state index contributed by atoms with van der Waals surface area (Å²) < 4.78 is 5.43. The fraction of sp³-hybridized carbons (Fsp3) is 0.273. The third-order valence-corrected chi connectivity index (χ3v) is 2.16. The minimum absolute atomic E-state index is 0.561. The lowest BCUT2D eigenvalue weighted by atomic mass is 10.4. The van der Waals surface area contributed by atoms with Crippen LogP contribution < -0.4 is 5.32 Å². The Morgan fingerprint density at radius 2 is 2.20 bits per heavy atom. The van der Waals surface area contributed by atoms with Crippen LogP contribution in [0.25, 0.3) is 0 Å². The standard InChI is InChI=1S/C11H13N3O/c1-8-9(2)15-11(14-8)7-13-10-5-3-4-6-12-10/h3-6H,7H2,1-2H3,(H,12,13). The van der Waals surface area contributed by atoms with Crippen LogP contribution in [0, 0.1) is 13.8 Å². The van der Waals surface area contributed by atoms with E-state index in [9.17, 15) is 0 Å². The highest BCUT2D eigenvalue weighted by atomic mass is 16.4. The van der Waals surface area contributed by atoms with Crippen LogP contribution in [-0.4, -0.2) is 9.97 Å². The lowest BCUT2D eigenvalue weighted by Crippen LogP contribution is -2.00. The Morgan fingerprint density at radius 1 is 1.33 bits per heavy atom. The van der Waals surface area contributed by atoms with Crippen molar-refractivity contribution in [3.05, 3.63) is 41.7 Å². The van der Waals surface area contributed by atoms with Crippen LogP contribution >= 0.6 is 0 Å². The van der Waals surface area contributed by atoms with Gasteiger partial charge in [-0.2, -0.15) is 0 Å². The Hall–Kier alpha value is -1.84. The fourth-order valence-corrected chi connectivity index (χ4v) is 1.25. The predicted octanol–water partition coefficient (Wildman–Crippen LogP) is 2.30. The average Bonchev–Trinajstić information content (AvgIpc) is 2.57. The van der Waals surface area contributed by atoms with Gasteiger partial charge in [-0.1, -0.05) is 6.07 Å². The SMILES string of the molecule is Cc1nc(CNc2ccccn2)oc1C. The molecule has 2 rings (SSSR count). The summed E-state index contributed by atoms with van der Waals surface area (Å²) in [6.07, 6.45) is 1.74. The topological polar surface area (TPSA) is 51.0 Å². The third-order valence-electron chi connectivity index (χ3n) is 2.16. The number of rotatable bonds is 3. The van der Waals surface area contributed by atoms with Crippen molar-refractivity contribution < 1.29 is 4.42 Å². The molecule has 15 heavy (non-hydrogen) atoms. The number of aryl methyl sites for hydroxylation is 2. The fourth-order valence-electron chi connectivity index (χ4n) is 1.25. The van der Waals surface area contributed by atoms with Crippen LogP contribution in [0.4, 0.5) is 5.82 Å². The van der Waals surface area contributed by atoms with Gasteiger partial charge in [-0.3, -0.25) is 0 Å². The minimum Gasteiger partial charge on any atom is -0.444 e. The first-order chi connectivity index (χ1) is 7.25. The molecule has 0 radical (unpaired) electrons. The molecule has 0 amide bonds. The lowest BCUT2D eigenvalue weighted by Gasteiger charge is -2.00.